The summed E-state index contributed by atoms with van der Waals surface area (Å²) in [6.07, 6.45) is 0.902. The van der Waals surface area contributed by atoms with Crippen LogP contribution in [0.3, 0.4) is 0 Å². The molecular formula is C11H20N2O3S. The molecular weight excluding hydrogens is 240 g/mol. The van der Waals surface area contributed by atoms with Crippen LogP contribution in [-0.4, -0.2) is 45.7 Å². The Kier molecular flexibility index (Phi) is 5.11. The third kappa shape index (κ3) is 3.80. The van der Waals surface area contributed by atoms with Gasteiger partial charge in [-0.25, -0.2) is 9.59 Å². The third-order valence-electron chi connectivity index (χ3n) is 2.74. The first-order chi connectivity index (χ1) is 7.93. The molecule has 2 atom stereocenters. The monoisotopic (exact) mass is 260 g/mol. The molecule has 2 N–H and O–H groups in total. The SMILES string of the molecule is CC(C)CCNC(=O)N1C(C)SCC1C(=O)O. The lowest BCUT2D eigenvalue weighted by molar-refractivity contribution is -0.141. The van der Waals surface area contributed by atoms with Crippen LogP contribution in [0.5, 0.6) is 0 Å². The maximum absolute atomic E-state index is 11.9. The molecule has 5 nitrogen and oxygen atoms in total. The van der Waals surface area contributed by atoms with Crippen LogP contribution in [0.2, 0.25) is 0 Å². The summed E-state index contributed by atoms with van der Waals surface area (Å²) in [6, 6.07) is -0.968. The van der Waals surface area contributed by atoms with Crippen LogP contribution < -0.4 is 5.32 Å². The minimum absolute atomic E-state index is 0.0739. The smallest absolute Gasteiger partial charge is 0.327 e. The molecule has 0 aliphatic carbocycles. The molecule has 0 aromatic heterocycles. The van der Waals surface area contributed by atoms with Crippen LogP contribution in [0.1, 0.15) is 27.2 Å². The van der Waals surface area contributed by atoms with Crippen molar-refractivity contribution in [1.82, 2.24) is 10.2 Å². The molecule has 1 heterocycles. The van der Waals surface area contributed by atoms with Crippen molar-refractivity contribution in [2.75, 3.05) is 12.3 Å². The molecule has 17 heavy (non-hydrogen) atoms. The average molecular weight is 260 g/mol. The number of aliphatic carboxylic acids is 1. The Labute approximate surface area is 106 Å². The Morgan fingerprint density at radius 1 is 1.53 bits per heavy atom. The van der Waals surface area contributed by atoms with Crippen LogP contribution in [0, 0.1) is 5.92 Å². The van der Waals surface area contributed by atoms with E-state index in [2.05, 4.69) is 19.2 Å². The van der Waals surface area contributed by atoms with E-state index < -0.39 is 12.0 Å². The lowest BCUT2D eigenvalue weighted by Gasteiger charge is -2.25. The number of hydrogen-bond acceptors (Lipinski definition) is 3. The first-order valence-corrected chi connectivity index (χ1v) is 6.89. The van der Waals surface area contributed by atoms with Gasteiger partial charge in [0.1, 0.15) is 6.04 Å². The quantitative estimate of drug-likeness (QED) is 0.805. The maximum Gasteiger partial charge on any atom is 0.327 e. The van der Waals surface area contributed by atoms with Crippen LogP contribution in [0.25, 0.3) is 0 Å². The predicted molar refractivity (Wildman–Crippen MR) is 68.0 cm³/mol. The molecule has 2 amide bonds. The van der Waals surface area contributed by atoms with E-state index >= 15 is 0 Å². The van der Waals surface area contributed by atoms with Gasteiger partial charge in [0, 0.05) is 12.3 Å². The summed E-state index contributed by atoms with van der Waals surface area (Å²) in [5.74, 6) is 0.0606. The van der Waals surface area contributed by atoms with Crippen molar-refractivity contribution in [3.05, 3.63) is 0 Å². The highest BCUT2D eigenvalue weighted by molar-refractivity contribution is 8.00. The van der Waals surface area contributed by atoms with Crippen molar-refractivity contribution in [3.8, 4) is 0 Å². The number of nitrogens with one attached hydrogen (secondary N) is 1. The first kappa shape index (κ1) is 14.2. The second kappa shape index (κ2) is 6.14. The maximum atomic E-state index is 11.9. The van der Waals surface area contributed by atoms with Crippen molar-refractivity contribution in [1.29, 1.82) is 0 Å². The first-order valence-electron chi connectivity index (χ1n) is 5.84. The minimum Gasteiger partial charge on any atom is -0.480 e. The Morgan fingerprint density at radius 2 is 2.18 bits per heavy atom. The second-order valence-corrected chi connectivity index (χ2v) is 5.96. The van der Waals surface area contributed by atoms with Crippen molar-refractivity contribution < 1.29 is 14.7 Å². The zero-order valence-electron chi connectivity index (χ0n) is 10.5. The Hall–Kier alpha value is -0.910. The molecule has 2 unspecified atom stereocenters. The number of hydrogen-bond donors (Lipinski definition) is 2. The molecule has 0 aromatic rings. The fourth-order valence-electron chi connectivity index (χ4n) is 1.70. The molecule has 6 heteroatoms. The van der Waals surface area contributed by atoms with Gasteiger partial charge in [0.15, 0.2) is 0 Å². The summed E-state index contributed by atoms with van der Waals surface area (Å²) in [5.41, 5.74) is 0. The van der Waals surface area contributed by atoms with Crippen molar-refractivity contribution in [2.45, 2.75) is 38.6 Å². The van der Waals surface area contributed by atoms with E-state index in [1.165, 1.54) is 16.7 Å². The van der Waals surface area contributed by atoms with E-state index in [9.17, 15) is 9.59 Å². The van der Waals surface area contributed by atoms with Gasteiger partial charge >= 0.3 is 12.0 Å². The molecule has 0 bridgehead atoms. The highest BCUT2D eigenvalue weighted by atomic mass is 32.2. The summed E-state index contributed by atoms with van der Waals surface area (Å²) in [6.45, 7) is 6.62. The van der Waals surface area contributed by atoms with Gasteiger partial charge in [0.25, 0.3) is 0 Å². The van der Waals surface area contributed by atoms with Gasteiger partial charge in [-0.05, 0) is 19.3 Å². The average Bonchev–Trinajstić information content (AvgIpc) is 2.59. The number of carbonyl (C=O) groups excluding carboxylic acids is 1. The molecule has 98 valence electrons. The lowest BCUT2D eigenvalue weighted by atomic mass is 10.1. The van der Waals surface area contributed by atoms with Crippen LogP contribution in [0.4, 0.5) is 4.79 Å². The van der Waals surface area contributed by atoms with Gasteiger partial charge in [-0.1, -0.05) is 13.8 Å². The lowest BCUT2D eigenvalue weighted by Crippen LogP contribution is -2.49. The van der Waals surface area contributed by atoms with Gasteiger partial charge in [-0.15, -0.1) is 11.8 Å². The largest absolute Gasteiger partial charge is 0.480 e. The third-order valence-corrected chi connectivity index (χ3v) is 3.96. The van der Waals surface area contributed by atoms with E-state index in [1.807, 2.05) is 6.92 Å². The highest BCUT2D eigenvalue weighted by Gasteiger charge is 2.39. The minimum atomic E-state index is -0.930. The van der Waals surface area contributed by atoms with Crippen LogP contribution in [-0.2, 0) is 4.79 Å². The fourth-order valence-corrected chi connectivity index (χ4v) is 2.87. The molecule has 1 saturated heterocycles. The molecule has 0 aromatic carbocycles. The van der Waals surface area contributed by atoms with E-state index in [0.29, 0.717) is 18.2 Å². The summed E-state index contributed by atoms with van der Waals surface area (Å²) in [7, 11) is 0. The highest BCUT2D eigenvalue weighted by Crippen LogP contribution is 2.28. The normalized spacial score (nSPS) is 24.1. The second-order valence-electron chi connectivity index (χ2n) is 4.61. The Balaban J connectivity index is 2.51. The topological polar surface area (TPSA) is 69.6 Å². The number of carbonyl (C=O) groups is 2. The predicted octanol–water partition coefficient (Wildman–Crippen LogP) is 1.59. The van der Waals surface area contributed by atoms with E-state index in [1.54, 1.807) is 0 Å². The summed E-state index contributed by atoms with van der Waals surface area (Å²) in [5, 5.41) is 11.7. The summed E-state index contributed by atoms with van der Waals surface area (Å²) >= 11 is 1.49. The molecule has 1 aliphatic heterocycles. The molecule has 0 radical (unpaired) electrons. The molecule has 0 saturated carbocycles. The van der Waals surface area contributed by atoms with Crippen molar-refractivity contribution >= 4 is 23.8 Å². The number of carboxylic acids is 1. The van der Waals surface area contributed by atoms with E-state index in [0.717, 1.165) is 6.42 Å². The molecule has 0 spiro atoms. The molecule has 1 aliphatic rings. The zero-order chi connectivity index (χ0) is 13.0. The number of urea groups is 1. The molecule has 1 fully saturated rings. The summed E-state index contributed by atoms with van der Waals surface area (Å²) in [4.78, 5) is 24.3. The number of amides is 2. The van der Waals surface area contributed by atoms with Gasteiger partial charge in [0.05, 0.1) is 5.37 Å². The zero-order valence-corrected chi connectivity index (χ0v) is 11.3. The number of carboxylic acid groups (broad SMARTS) is 1. The Morgan fingerprint density at radius 3 is 2.71 bits per heavy atom. The standard InChI is InChI=1S/C11H20N2O3S/c1-7(2)4-5-12-11(16)13-8(3)17-6-9(13)10(14)15/h7-9H,4-6H2,1-3H3,(H,12,16)(H,14,15). The fraction of sp³-hybridized carbons (Fsp3) is 0.818. The van der Waals surface area contributed by atoms with Gasteiger partial charge in [0.2, 0.25) is 0 Å². The van der Waals surface area contributed by atoms with Gasteiger partial charge < -0.3 is 10.4 Å². The van der Waals surface area contributed by atoms with E-state index in [-0.39, 0.29) is 11.4 Å². The Bertz CT molecular complexity index is 296. The van der Waals surface area contributed by atoms with Gasteiger partial charge in [-0.3, -0.25) is 4.90 Å². The van der Waals surface area contributed by atoms with Crippen molar-refractivity contribution in [2.24, 2.45) is 5.92 Å². The van der Waals surface area contributed by atoms with Crippen molar-refractivity contribution in [3.63, 3.8) is 0 Å². The number of thioether (sulfide) groups is 1. The van der Waals surface area contributed by atoms with E-state index in [4.69, 9.17) is 5.11 Å². The number of nitrogens with zero attached hydrogens (tertiary/aromatic N) is 1. The van der Waals surface area contributed by atoms with Crippen LogP contribution in [0.15, 0.2) is 0 Å². The summed E-state index contributed by atoms with van der Waals surface area (Å²) < 4.78 is 0. The number of rotatable bonds is 4. The van der Waals surface area contributed by atoms with Gasteiger partial charge in [-0.2, -0.15) is 0 Å². The molecule has 1 rings (SSSR count). The van der Waals surface area contributed by atoms with Crippen LogP contribution >= 0.6 is 11.8 Å².